The molecule has 0 saturated heterocycles. The molecule has 0 bridgehead atoms. The average Bonchev–Trinajstić information content (AvgIpc) is 2.35. The molecule has 1 aromatic heterocycles. The molecule has 0 saturated carbocycles. The lowest BCUT2D eigenvalue weighted by Crippen LogP contribution is -2.38. The van der Waals surface area contributed by atoms with Crippen LogP contribution < -0.4 is 9.46 Å². The number of halogens is 2. The lowest BCUT2D eigenvalue weighted by Gasteiger charge is -2.24. The van der Waals surface area contributed by atoms with Crippen LogP contribution in [0.2, 0.25) is 0 Å². The second kappa shape index (κ2) is 7.08. The maximum atomic E-state index is 13.1. The minimum Gasteiger partial charge on any atom is -0.478 e. The Kier molecular flexibility index (Phi) is 6.01. The van der Waals surface area contributed by atoms with Gasteiger partial charge in [0.1, 0.15) is 6.04 Å². The first-order valence-corrected chi connectivity index (χ1v) is 7.45. The van der Waals surface area contributed by atoms with Gasteiger partial charge in [0.15, 0.2) is 0 Å². The molecular weight excluding hydrogens is 286 g/mol. The number of ether oxygens (including phenoxy) is 1. The largest absolute Gasteiger partial charge is 0.478 e. The number of aromatic nitrogens is 1. The Labute approximate surface area is 120 Å². The Balaban J connectivity index is 2.88. The van der Waals surface area contributed by atoms with Crippen LogP contribution in [0.4, 0.5) is 8.78 Å². The van der Waals surface area contributed by atoms with Crippen molar-refractivity contribution < 1.29 is 17.7 Å². The molecule has 0 spiro atoms. The number of hydrogen-bond donors (Lipinski definition) is 1. The summed E-state index contributed by atoms with van der Waals surface area (Å²) in [6.45, 7) is 7.42. The second-order valence-electron chi connectivity index (χ2n) is 5.17. The Morgan fingerprint density at radius 3 is 2.45 bits per heavy atom. The molecule has 1 heterocycles. The van der Waals surface area contributed by atoms with Crippen molar-refractivity contribution in [2.75, 3.05) is 6.61 Å². The van der Waals surface area contributed by atoms with Gasteiger partial charge in [0.05, 0.1) is 22.3 Å². The molecule has 4 nitrogen and oxygen atoms in total. The van der Waals surface area contributed by atoms with E-state index in [4.69, 9.17) is 4.74 Å². The van der Waals surface area contributed by atoms with Gasteiger partial charge in [-0.25, -0.2) is 22.7 Å². The lowest BCUT2D eigenvalue weighted by atomic mass is 10.1. The smallest absolute Gasteiger partial charge is 0.258 e. The van der Waals surface area contributed by atoms with Gasteiger partial charge in [-0.3, -0.25) is 0 Å². The molecule has 0 aliphatic heterocycles. The molecule has 0 aromatic carbocycles. The van der Waals surface area contributed by atoms with Gasteiger partial charge in [0, 0.05) is 12.3 Å². The van der Waals surface area contributed by atoms with Crippen molar-refractivity contribution in [3.63, 3.8) is 0 Å². The number of rotatable bonds is 6. The first-order valence-electron chi connectivity index (χ1n) is 6.30. The van der Waals surface area contributed by atoms with Crippen LogP contribution in [0.3, 0.4) is 0 Å². The molecule has 0 aliphatic rings. The predicted octanol–water partition coefficient (Wildman–Crippen LogP) is 2.84. The molecule has 1 N–H and O–H groups in total. The zero-order chi connectivity index (χ0) is 15.3. The molecule has 7 heteroatoms. The van der Waals surface area contributed by atoms with E-state index < -0.39 is 28.2 Å². The minimum absolute atomic E-state index is 0.279. The lowest BCUT2D eigenvalue weighted by molar-refractivity contribution is 0.109. The van der Waals surface area contributed by atoms with Gasteiger partial charge >= 0.3 is 0 Å². The highest BCUT2D eigenvalue weighted by Gasteiger charge is 2.29. The molecule has 114 valence electrons. The summed E-state index contributed by atoms with van der Waals surface area (Å²) in [6.07, 6.45) is -1.37. The topological polar surface area (TPSA) is 51.2 Å². The molecular formula is C13H20F2N2O2S. The van der Waals surface area contributed by atoms with Crippen LogP contribution in [-0.4, -0.2) is 27.0 Å². The van der Waals surface area contributed by atoms with E-state index in [-0.39, 0.29) is 5.56 Å². The predicted molar refractivity (Wildman–Crippen MR) is 75.2 cm³/mol. The fourth-order valence-electron chi connectivity index (χ4n) is 1.37. The highest BCUT2D eigenvalue weighted by molar-refractivity contribution is 7.84. The minimum atomic E-state index is -2.68. The monoisotopic (exact) mass is 306 g/mol. The van der Waals surface area contributed by atoms with Crippen LogP contribution >= 0.6 is 0 Å². The number of hydrogen-bond acceptors (Lipinski definition) is 3. The molecule has 1 aromatic rings. The summed E-state index contributed by atoms with van der Waals surface area (Å²) in [6, 6.07) is 1.70. The summed E-state index contributed by atoms with van der Waals surface area (Å²) in [4.78, 5) is 3.95. The van der Waals surface area contributed by atoms with Crippen LogP contribution in [0.1, 0.15) is 39.3 Å². The van der Waals surface area contributed by atoms with Crippen molar-refractivity contribution in [2.45, 2.75) is 44.9 Å². The third-order valence-electron chi connectivity index (χ3n) is 2.45. The van der Waals surface area contributed by atoms with E-state index in [1.165, 1.54) is 18.3 Å². The Morgan fingerprint density at radius 1 is 1.40 bits per heavy atom. The van der Waals surface area contributed by atoms with Crippen LogP contribution in [0.5, 0.6) is 5.88 Å². The molecule has 1 rings (SSSR count). The van der Waals surface area contributed by atoms with Gasteiger partial charge < -0.3 is 4.74 Å². The third-order valence-corrected chi connectivity index (χ3v) is 4.03. The SMILES string of the molecule is CCOc1ccc([C@@H](NS(=O)C(C)(C)C)C(F)F)cn1. The van der Waals surface area contributed by atoms with E-state index in [0.717, 1.165) is 0 Å². The molecule has 0 aliphatic carbocycles. The fourth-order valence-corrected chi connectivity index (χ4v) is 2.19. The van der Waals surface area contributed by atoms with Crippen molar-refractivity contribution >= 4 is 11.0 Å². The first-order chi connectivity index (χ1) is 9.25. The zero-order valence-electron chi connectivity index (χ0n) is 12.0. The van der Waals surface area contributed by atoms with E-state index in [1.54, 1.807) is 20.8 Å². The molecule has 1 unspecified atom stereocenters. The Hall–Kier alpha value is -1.08. The van der Waals surface area contributed by atoms with Crippen LogP contribution in [-0.2, 0) is 11.0 Å². The van der Waals surface area contributed by atoms with E-state index in [2.05, 4.69) is 9.71 Å². The van der Waals surface area contributed by atoms with Crippen molar-refractivity contribution in [3.8, 4) is 5.88 Å². The molecule has 0 radical (unpaired) electrons. The maximum Gasteiger partial charge on any atom is 0.258 e. The molecule has 0 fully saturated rings. The van der Waals surface area contributed by atoms with E-state index in [1.807, 2.05) is 6.92 Å². The molecule has 20 heavy (non-hydrogen) atoms. The number of nitrogens with one attached hydrogen (secondary N) is 1. The van der Waals surface area contributed by atoms with E-state index in [9.17, 15) is 13.0 Å². The summed E-state index contributed by atoms with van der Waals surface area (Å²) >= 11 is 0. The number of pyridine rings is 1. The Morgan fingerprint density at radius 2 is 2.05 bits per heavy atom. The van der Waals surface area contributed by atoms with Gasteiger partial charge in [-0.05, 0) is 33.3 Å². The third kappa shape index (κ3) is 4.79. The first kappa shape index (κ1) is 17.0. The quantitative estimate of drug-likeness (QED) is 0.879. The number of alkyl halides is 2. The number of nitrogens with zero attached hydrogens (tertiary/aromatic N) is 1. The van der Waals surface area contributed by atoms with Gasteiger partial charge in [-0.2, -0.15) is 0 Å². The van der Waals surface area contributed by atoms with Crippen LogP contribution in [0.25, 0.3) is 0 Å². The average molecular weight is 306 g/mol. The summed E-state index contributed by atoms with van der Waals surface area (Å²) in [7, 11) is -1.59. The molecule has 0 amide bonds. The summed E-state index contributed by atoms with van der Waals surface area (Å²) in [5, 5.41) is 0. The summed E-state index contributed by atoms with van der Waals surface area (Å²) < 4.78 is 45.2. The van der Waals surface area contributed by atoms with Gasteiger partial charge in [-0.15, -0.1) is 0 Å². The van der Waals surface area contributed by atoms with Gasteiger partial charge in [0.2, 0.25) is 5.88 Å². The van der Waals surface area contributed by atoms with Gasteiger partial charge in [0.25, 0.3) is 6.43 Å². The fraction of sp³-hybridized carbons (Fsp3) is 0.615. The highest BCUT2D eigenvalue weighted by atomic mass is 32.2. The van der Waals surface area contributed by atoms with Crippen molar-refractivity contribution in [1.29, 1.82) is 0 Å². The standard InChI is InChI=1S/C13H20F2N2O2S/c1-5-19-10-7-6-9(8-16-10)11(12(14)15)17-20(18)13(2,3)4/h6-8,11-12,17H,5H2,1-4H3/t11-,20?/m1/s1. The highest BCUT2D eigenvalue weighted by Crippen LogP contribution is 2.24. The maximum absolute atomic E-state index is 13.1. The zero-order valence-corrected chi connectivity index (χ0v) is 12.8. The van der Waals surface area contributed by atoms with Crippen LogP contribution in [0.15, 0.2) is 18.3 Å². The van der Waals surface area contributed by atoms with E-state index >= 15 is 0 Å². The van der Waals surface area contributed by atoms with Crippen molar-refractivity contribution in [2.24, 2.45) is 0 Å². The van der Waals surface area contributed by atoms with Gasteiger partial charge in [-0.1, -0.05) is 6.07 Å². The van der Waals surface area contributed by atoms with Crippen molar-refractivity contribution in [3.05, 3.63) is 23.9 Å². The van der Waals surface area contributed by atoms with Crippen molar-refractivity contribution in [1.82, 2.24) is 9.71 Å². The Bertz CT molecular complexity index is 447. The second-order valence-corrected chi connectivity index (χ2v) is 7.17. The summed E-state index contributed by atoms with van der Waals surface area (Å²) in [5.74, 6) is 0.376. The van der Waals surface area contributed by atoms with Crippen LogP contribution in [0, 0.1) is 0 Å². The summed E-state index contributed by atoms with van der Waals surface area (Å²) in [5.41, 5.74) is 0.279. The normalized spacial score (nSPS) is 15.2. The van der Waals surface area contributed by atoms with E-state index in [0.29, 0.717) is 12.5 Å². The molecule has 2 atom stereocenters.